The maximum absolute atomic E-state index is 12.0. The second-order valence-corrected chi connectivity index (χ2v) is 5.23. The Hall–Kier alpha value is -1.88. The first-order chi connectivity index (χ1) is 9.10. The van der Waals surface area contributed by atoms with Gasteiger partial charge in [0.2, 0.25) is 5.91 Å². The standard InChI is InChI=1S/C14H16N2O2S/c1-9-4-5-12(18-3)11(6-9)16-14(17)7-13-10(2)15-8-19-13/h4-6,8H,7H2,1-3H3,(H,16,17). The molecule has 100 valence electrons. The van der Waals surface area contributed by atoms with Gasteiger partial charge >= 0.3 is 0 Å². The molecule has 0 aliphatic heterocycles. The monoisotopic (exact) mass is 276 g/mol. The van der Waals surface area contributed by atoms with E-state index in [0.717, 1.165) is 16.1 Å². The van der Waals surface area contributed by atoms with Gasteiger partial charge < -0.3 is 10.1 Å². The molecule has 1 aromatic carbocycles. The number of methoxy groups -OCH3 is 1. The van der Waals surface area contributed by atoms with Crippen LogP contribution >= 0.6 is 11.3 Å². The summed E-state index contributed by atoms with van der Waals surface area (Å²) in [6, 6.07) is 5.70. The quantitative estimate of drug-likeness (QED) is 0.934. The molecule has 0 spiro atoms. The highest BCUT2D eigenvalue weighted by atomic mass is 32.1. The molecule has 19 heavy (non-hydrogen) atoms. The molecule has 0 aliphatic rings. The van der Waals surface area contributed by atoms with Gasteiger partial charge in [-0.2, -0.15) is 0 Å². The number of hydrogen-bond donors (Lipinski definition) is 1. The van der Waals surface area contributed by atoms with Gasteiger partial charge in [-0.05, 0) is 31.5 Å². The van der Waals surface area contributed by atoms with Crippen molar-refractivity contribution in [2.75, 3.05) is 12.4 Å². The van der Waals surface area contributed by atoms with E-state index < -0.39 is 0 Å². The Labute approximate surface area is 116 Å². The lowest BCUT2D eigenvalue weighted by Crippen LogP contribution is -2.15. The minimum Gasteiger partial charge on any atom is -0.495 e. The van der Waals surface area contributed by atoms with Crippen molar-refractivity contribution in [3.63, 3.8) is 0 Å². The first-order valence-corrected chi connectivity index (χ1v) is 6.81. The molecular weight excluding hydrogens is 260 g/mol. The number of carbonyl (C=O) groups is 1. The predicted molar refractivity (Wildman–Crippen MR) is 76.9 cm³/mol. The Morgan fingerprint density at radius 1 is 1.42 bits per heavy atom. The van der Waals surface area contributed by atoms with E-state index in [1.807, 2.05) is 32.0 Å². The lowest BCUT2D eigenvalue weighted by molar-refractivity contribution is -0.115. The van der Waals surface area contributed by atoms with Gasteiger partial charge in [-0.15, -0.1) is 11.3 Å². The van der Waals surface area contributed by atoms with Crippen LogP contribution in [0, 0.1) is 13.8 Å². The van der Waals surface area contributed by atoms with Crippen molar-refractivity contribution in [2.24, 2.45) is 0 Å². The first-order valence-electron chi connectivity index (χ1n) is 5.93. The van der Waals surface area contributed by atoms with Crippen molar-refractivity contribution in [3.05, 3.63) is 39.8 Å². The van der Waals surface area contributed by atoms with Crippen LogP contribution in [0.1, 0.15) is 16.1 Å². The van der Waals surface area contributed by atoms with Crippen molar-refractivity contribution in [3.8, 4) is 5.75 Å². The van der Waals surface area contributed by atoms with Gasteiger partial charge in [0.05, 0.1) is 30.4 Å². The number of thiazole rings is 1. The summed E-state index contributed by atoms with van der Waals surface area (Å²) in [6.45, 7) is 3.88. The highest BCUT2D eigenvalue weighted by Crippen LogP contribution is 2.25. The SMILES string of the molecule is COc1ccc(C)cc1NC(=O)Cc1scnc1C. The first kappa shape index (κ1) is 13.5. The third-order valence-electron chi connectivity index (χ3n) is 2.80. The minimum absolute atomic E-state index is 0.0590. The van der Waals surface area contributed by atoms with Crippen LogP contribution < -0.4 is 10.1 Å². The maximum Gasteiger partial charge on any atom is 0.229 e. The van der Waals surface area contributed by atoms with Gasteiger partial charge in [-0.1, -0.05) is 6.07 Å². The van der Waals surface area contributed by atoms with Crippen molar-refractivity contribution >= 4 is 22.9 Å². The molecule has 1 aromatic heterocycles. The van der Waals surface area contributed by atoms with Crippen LogP contribution in [0.25, 0.3) is 0 Å². The summed E-state index contributed by atoms with van der Waals surface area (Å²) in [4.78, 5) is 17.2. The van der Waals surface area contributed by atoms with Crippen LogP contribution in [0.15, 0.2) is 23.7 Å². The molecule has 0 saturated heterocycles. The molecule has 0 unspecified atom stereocenters. The third kappa shape index (κ3) is 3.32. The number of nitrogens with one attached hydrogen (secondary N) is 1. The summed E-state index contributed by atoms with van der Waals surface area (Å²) in [6.07, 6.45) is 0.341. The number of ether oxygens (including phenoxy) is 1. The van der Waals surface area contributed by atoms with Gasteiger partial charge in [0, 0.05) is 4.88 Å². The Morgan fingerprint density at radius 3 is 2.84 bits per heavy atom. The van der Waals surface area contributed by atoms with Crippen LogP contribution in [0.3, 0.4) is 0 Å². The fraction of sp³-hybridized carbons (Fsp3) is 0.286. The van der Waals surface area contributed by atoms with E-state index >= 15 is 0 Å². The highest BCUT2D eigenvalue weighted by Gasteiger charge is 2.11. The largest absolute Gasteiger partial charge is 0.495 e. The lowest BCUT2D eigenvalue weighted by Gasteiger charge is -2.10. The number of nitrogens with zero attached hydrogens (tertiary/aromatic N) is 1. The Kier molecular flexibility index (Phi) is 4.16. The second-order valence-electron chi connectivity index (χ2n) is 4.29. The normalized spacial score (nSPS) is 10.3. The number of aromatic nitrogens is 1. The fourth-order valence-corrected chi connectivity index (χ4v) is 2.53. The molecule has 0 atom stereocenters. The van der Waals surface area contributed by atoms with Crippen LogP contribution in [0.5, 0.6) is 5.75 Å². The molecule has 1 heterocycles. The molecule has 0 fully saturated rings. The summed E-state index contributed by atoms with van der Waals surface area (Å²) >= 11 is 1.50. The van der Waals surface area contributed by atoms with Gasteiger partial charge in [0.25, 0.3) is 0 Å². The summed E-state index contributed by atoms with van der Waals surface area (Å²) in [5, 5.41) is 2.88. The zero-order chi connectivity index (χ0) is 13.8. The number of carbonyl (C=O) groups excluding carboxylic acids is 1. The molecular formula is C14H16N2O2S. The number of anilines is 1. The van der Waals surface area contributed by atoms with E-state index in [9.17, 15) is 4.79 Å². The van der Waals surface area contributed by atoms with Crippen molar-refractivity contribution in [2.45, 2.75) is 20.3 Å². The molecule has 0 radical (unpaired) electrons. The predicted octanol–water partition coefficient (Wildman–Crippen LogP) is 2.95. The van der Waals surface area contributed by atoms with Crippen molar-refractivity contribution in [1.82, 2.24) is 4.98 Å². The Bertz CT molecular complexity index is 593. The van der Waals surface area contributed by atoms with Crippen molar-refractivity contribution in [1.29, 1.82) is 0 Å². The number of aryl methyl sites for hydroxylation is 2. The molecule has 0 saturated carbocycles. The average Bonchev–Trinajstić information content (AvgIpc) is 2.75. The second kappa shape index (κ2) is 5.84. The minimum atomic E-state index is -0.0590. The van der Waals surface area contributed by atoms with Gasteiger partial charge in [-0.3, -0.25) is 4.79 Å². The van der Waals surface area contributed by atoms with E-state index in [-0.39, 0.29) is 5.91 Å². The Morgan fingerprint density at radius 2 is 2.21 bits per heavy atom. The number of amides is 1. The number of benzene rings is 1. The fourth-order valence-electron chi connectivity index (χ4n) is 1.76. The Balaban J connectivity index is 2.11. The third-order valence-corrected chi connectivity index (χ3v) is 3.73. The molecule has 1 amide bonds. The summed E-state index contributed by atoms with van der Waals surface area (Å²) in [5.41, 5.74) is 4.45. The molecule has 2 aromatic rings. The van der Waals surface area contributed by atoms with E-state index in [1.54, 1.807) is 12.6 Å². The van der Waals surface area contributed by atoms with Gasteiger partial charge in [0.15, 0.2) is 0 Å². The van der Waals surface area contributed by atoms with Crippen LogP contribution in [0.2, 0.25) is 0 Å². The average molecular weight is 276 g/mol. The van der Waals surface area contributed by atoms with Gasteiger partial charge in [-0.25, -0.2) is 4.98 Å². The van der Waals surface area contributed by atoms with Crippen molar-refractivity contribution < 1.29 is 9.53 Å². The molecule has 2 rings (SSSR count). The van der Waals surface area contributed by atoms with E-state index in [2.05, 4.69) is 10.3 Å². The topological polar surface area (TPSA) is 51.2 Å². The highest BCUT2D eigenvalue weighted by molar-refractivity contribution is 7.09. The molecule has 4 nitrogen and oxygen atoms in total. The smallest absolute Gasteiger partial charge is 0.229 e. The van der Waals surface area contributed by atoms with E-state index in [0.29, 0.717) is 17.9 Å². The zero-order valence-electron chi connectivity index (χ0n) is 11.2. The summed E-state index contributed by atoms with van der Waals surface area (Å²) in [7, 11) is 1.59. The van der Waals surface area contributed by atoms with Gasteiger partial charge in [0.1, 0.15) is 5.75 Å². The lowest BCUT2D eigenvalue weighted by atomic mass is 10.2. The van der Waals surface area contributed by atoms with E-state index in [4.69, 9.17) is 4.74 Å². The maximum atomic E-state index is 12.0. The van der Waals surface area contributed by atoms with Crippen LogP contribution in [0.4, 0.5) is 5.69 Å². The number of hydrogen-bond acceptors (Lipinski definition) is 4. The van der Waals surface area contributed by atoms with E-state index in [1.165, 1.54) is 11.3 Å². The zero-order valence-corrected chi connectivity index (χ0v) is 12.0. The molecule has 5 heteroatoms. The summed E-state index contributed by atoms with van der Waals surface area (Å²) < 4.78 is 5.24. The number of rotatable bonds is 4. The molecule has 1 N–H and O–H groups in total. The van der Waals surface area contributed by atoms with Crippen LogP contribution in [-0.4, -0.2) is 18.0 Å². The van der Waals surface area contributed by atoms with Crippen LogP contribution in [-0.2, 0) is 11.2 Å². The summed E-state index contributed by atoms with van der Waals surface area (Å²) in [5.74, 6) is 0.608. The molecule has 0 aliphatic carbocycles. The molecule has 0 bridgehead atoms.